The van der Waals surface area contributed by atoms with Crippen molar-refractivity contribution in [1.29, 1.82) is 0 Å². The van der Waals surface area contributed by atoms with Gasteiger partial charge >= 0.3 is 0 Å². The first-order chi connectivity index (χ1) is 21.8. The van der Waals surface area contributed by atoms with E-state index >= 15 is 0 Å². The summed E-state index contributed by atoms with van der Waals surface area (Å²) < 4.78 is 0. The molecule has 0 saturated carbocycles. The van der Waals surface area contributed by atoms with Gasteiger partial charge in [-0.1, -0.05) is 158 Å². The van der Waals surface area contributed by atoms with E-state index in [0.717, 1.165) is 0 Å². The Hall–Kier alpha value is -5.72. The van der Waals surface area contributed by atoms with Crippen molar-refractivity contribution in [2.24, 2.45) is 0 Å². The fourth-order valence-electron chi connectivity index (χ4n) is 7.81. The molecule has 0 nitrogen and oxygen atoms in total. The Morgan fingerprint density at radius 1 is 0.205 bits per heavy atom. The van der Waals surface area contributed by atoms with E-state index in [2.05, 4.69) is 158 Å². The molecule has 0 saturated heterocycles. The van der Waals surface area contributed by atoms with Crippen LogP contribution in [0.4, 0.5) is 0 Å². The molecule has 0 heterocycles. The second kappa shape index (κ2) is 8.89. The Labute approximate surface area is 255 Å². The second-order valence-corrected chi connectivity index (χ2v) is 12.0. The van der Waals surface area contributed by atoms with Gasteiger partial charge in [-0.2, -0.15) is 0 Å². The van der Waals surface area contributed by atoms with Crippen molar-refractivity contribution < 1.29 is 0 Å². The Kier molecular flexibility index (Phi) is 4.81. The van der Waals surface area contributed by atoms with Crippen LogP contribution in [0.25, 0.3) is 98.0 Å². The number of hydrogen-bond acceptors (Lipinski definition) is 0. The molecule has 0 amide bonds. The molecular weight excluding hydrogens is 528 g/mol. The van der Waals surface area contributed by atoms with E-state index in [4.69, 9.17) is 0 Å². The summed E-state index contributed by atoms with van der Waals surface area (Å²) in [5.74, 6) is 0. The highest BCUT2D eigenvalue weighted by molar-refractivity contribution is 6.31. The number of rotatable bonds is 3. The molecule has 0 heteroatoms. The molecule has 0 unspecified atom stereocenters. The minimum Gasteiger partial charge on any atom is -0.0622 e. The molecule has 0 aromatic heterocycles. The maximum Gasteiger partial charge on any atom is -0.00203 e. The normalized spacial score (nSPS) is 12.1. The van der Waals surface area contributed by atoms with Gasteiger partial charge < -0.3 is 0 Å². The first-order valence-corrected chi connectivity index (χ1v) is 15.4. The molecule has 44 heavy (non-hydrogen) atoms. The van der Waals surface area contributed by atoms with Crippen LogP contribution in [0.3, 0.4) is 0 Å². The summed E-state index contributed by atoms with van der Waals surface area (Å²) in [4.78, 5) is 0. The van der Waals surface area contributed by atoms with Crippen molar-refractivity contribution in [1.82, 2.24) is 0 Å². The van der Waals surface area contributed by atoms with Gasteiger partial charge in [0.05, 0.1) is 0 Å². The van der Waals surface area contributed by atoms with Crippen molar-refractivity contribution in [2.75, 3.05) is 0 Å². The topological polar surface area (TPSA) is 0 Å². The molecule has 0 aliphatic carbocycles. The standard InChI is InChI=1S/C44H26/c1-3-7-27(8-4-1)33-19-11-29-17-25-39-35(21-13-31-15-23-37(33)41(29)43(31)39)36-22-14-32-16-24-38-34(28-9-5-2-6-10-28)20-12-30-18-26-40(36)44(32)42(30)38/h1-26H. The summed E-state index contributed by atoms with van der Waals surface area (Å²) in [5, 5.41) is 15.8. The minimum absolute atomic E-state index is 1.26. The Bertz CT molecular complexity index is 2490. The average molecular weight is 555 g/mol. The van der Waals surface area contributed by atoms with E-state index in [1.54, 1.807) is 0 Å². The number of hydrogen-bond donors (Lipinski definition) is 0. The third kappa shape index (κ3) is 3.23. The van der Waals surface area contributed by atoms with Crippen LogP contribution in [0.2, 0.25) is 0 Å². The van der Waals surface area contributed by atoms with Crippen molar-refractivity contribution in [3.8, 4) is 33.4 Å². The van der Waals surface area contributed by atoms with Crippen molar-refractivity contribution >= 4 is 64.6 Å². The summed E-state index contributed by atoms with van der Waals surface area (Å²) in [7, 11) is 0. The monoisotopic (exact) mass is 554 g/mol. The first-order valence-electron chi connectivity index (χ1n) is 15.4. The van der Waals surface area contributed by atoms with Crippen LogP contribution in [0, 0.1) is 0 Å². The molecule has 10 rings (SSSR count). The Morgan fingerprint density at radius 3 is 0.818 bits per heavy atom. The minimum atomic E-state index is 1.26. The third-order valence-electron chi connectivity index (χ3n) is 9.79. The number of benzene rings is 10. The molecular formula is C44H26. The van der Waals surface area contributed by atoms with Gasteiger partial charge in [0.1, 0.15) is 0 Å². The summed E-state index contributed by atoms with van der Waals surface area (Å²) in [6.45, 7) is 0. The Balaban J connectivity index is 1.28. The zero-order chi connectivity index (χ0) is 28.8. The molecule has 0 atom stereocenters. The third-order valence-corrected chi connectivity index (χ3v) is 9.79. The second-order valence-electron chi connectivity index (χ2n) is 12.0. The highest BCUT2D eigenvalue weighted by atomic mass is 14.2. The van der Waals surface area contributed by atoms with E-state index < -0.39 is 0 Å². The van der Waals surface area contributed by atoms with Crippen LogP contribution in [-0.2, 0) is 0 Å². The lowest BCUT2D eigenvalue weighted by molar-refractivity contribution is 1.66. The fraction of sp³-hybridized carbons (Fsp3) is 0. The molecule has 0 fully saturated rings. The highest BCUT2D eigenvalue weighted by Crippen LogP contribution is 2.46. The zero-order valence-electron chi connectivity index (χ0n) is 24.0. The highest BCUT2D eigenvalue weighted by Gasteiger charge is 2.18. The van der Waals surface area contributed by atoms with Gasteiger partial charge in [0, 0.05) is 0 Å². The fourth-order valence-corrected chi connectivity index (χ4v) is 7.81. The van der Waals surface area contributed by atoms with Crippen LogP contribution in [0.5, 0.6) is 0 Å². The molecule has 0 N–H and O–H groups in total. The van der Waals surface area contributed by atoms with E-state index in [1.165, 1.54) is 98.0 Å². The Morgan fingerprint density at radius 2 is 0.477 bits per heavy atom. The van der Waals surface area contributed by atoms with Crippen molar-refractivity contribution in [2.45, 2.75) is 0 Å². The summed E-state index contributed by atoms with van der Waals surface area (Å²) >= 11 is 0. The molecule has 0 radical (unpaired) electrons. The molecule has 10 aromatic carbocycles. The van der Waals surface area contributed by atoms with Gasteiger partial charge in [0.15, 0.2) is 0 Å². The molecule has 0 aliphatic rings. The van der Waals surface area contributed by atoms with E-state index in [0.29, 0.717) is 0 Å². The van der Waals surface area contributed by atoms with E-state index in [1.807, 2.05) is 0 Å². The van der Waals surface area contributed by atoms with E-state index in [9.17, 15) is 0 Å². The van der Waals surface area contributed by atoms with Gasteiger partial charge in [-0.15, -0.1) is 0 Å². The van der Waals surface area contributed by atoms with Crippen LogP contribution < -0.4 is 0 Å². The lowest BCUT2D eigenvalue weighted by atomic mass is 9.84. The first kappa shape index (κ1) is 23.8. The van der Waals surface area contributed by atoms with E-state index in [-0.39, 0.29) is 0 Å². The van der Waals surface area contributed by atoms with Crippen LogP contribution >= 0.6 is 0 Å². The molecule has 0 spiro atoms. The predicted molar refractivity (Wildman–Crippen MR) is 190 cm³/mol. The molecule has 202 valence electrons. The average Bonchev–Trinajstić information content (AvgIpc) is 3.10. The molecule has 0 aliphatic heterocycles. The van der Waals surface area contributed by atoms with Gasteiger partial charge in [-0.25, -0.2) is 0 Å². The quantitative estimate of drug-likeness (QED) is 0.191. The predicted octanol–water partition coefficient (Wildman–Crippen LogP) is 12.5. The lowest BCUT2D eigenvalue weighted by Gasteiger charge is -2.19. The smallest absolute Gasteiger partial charge is 0.00203 e. The maximum atomic E-state index is 2.34. The molecule has 10 aromatic rings. The van der Waals surface area contributed by atoms with Crippen molar-refractivity contribution in [3.63, 3.8) is 0 Å². The van der Waals surface area contributed by atoms with Gasteiger partial charge in [-0.3, -0.25) is 0 Å². The van der Waals surface area contributed by atoms with Crippen LogP contribution in [-0.4, -0.2) is 0 Å². The van der Waals surface area contributed by atoms with Gasteiger partial charge in [-0.05, 0) is 98.0 Å². The SMILES string of the molecule is c1ccc(-c2ccc3ccc4c(-c5ccc6ccc7c(-c8ccccc8)ccc8ccc5c6c87)ccc5ccc2c3c54)cc1. The van der Waals surface area contributed by atoms with Gasteiger partial charge in [0.25, 0.3) is 0 Å². The maximum absolute atomic E-state index is 2.34. The molecule has 0 bridgehead atoms. The van der Waals surface area contributed by atoms with Crippen molar-refractivity contribution in [3.05, 3.63) is 158 Å². The van der Waals surface area contributed by atoms with Crippen LogP contribution in [0.15, 0.2) is 158 Å². The summed E-state index contributed by atoms with van der Waals surface area (Å²) in [6.07, 6.45) is 0. The summed E-state index contributed by atoms with van der Waals surface area (Å²) in [5.41, 5.74) is 7.67. The lowest BCUT2D eigenvalue weighted by Crippen LogP contribution is -1.91. The summed E-state index contributed by atoms with van der Waals surface area (Å²) in [6, 6.07) is 58.5. The van der Waals surface area contributed by atoms with Gasteiger partial charge in [0.2, 0.25) is 0 Å². The largest absolute Gasteiger partial charge is 0.0622 e. The zero-order valence-corrected chi connectivity index (χ0v) is 24.0. The van der Waals surface area contributed by atoms with Crippen LogP contribution in [0.1, 0.15) is 0 Å².